The third kappa shape index (κ3) is 11.8. The first-order valence-electron chi connectivity index (χ1n) is 23.0. The van der Waals surface area contributed by atoms with E-state index in [1.807, 2.05) is 0 Å². The van der Waals surface area contributed by atoms with Gasteiger partial charge in [0.2, 0.25) is 5.91 Å². The van der Waals surface area contributed by atoms with Crippen LogP contribution >= 0.6 is 0 Å². The Bertz CT molecular complexity index is 2560. The van der Waals surface area contributed by atoms with E-state index in [4.69, 9.17) is 5.73 Å². The van der Waals surface area contributed by atoms with Crippen LogP contribution in [0.3, 0.4) is 0 Å². The fraction of sp³-hybridized carbons (Fsp3) is 0.462. The van der Waals surface area contributed by atoms with Gasteiger partial charge in [0.1, 0.15) is 11.6 Å². The van der Waals surface area contributed by atoms with E-state index in [0.717, 1.165) is 49.9 Å². The second-order valence-electron chi connectivity index (χ2n) is 19.2. The minimum Gasteiger partial charge on any atom is -0.870 e. The quantitative estimate of drug-likeness (QED) is 0.107. The second kappa shape index (κ2) is 22.1. The summed E-state index contributed by atoms with van der Waals surface area (Å²) in [7, 11) is 0. The Labute approximate surface area is 449 Å². The Kier molecular flexibility index (Phi) is 17.9. The monoisotopic (exact) mass is 1020 g/mol. The van der Waals surface area contributed by atoms with E-state index in [2.05, 4.69) is 6.07 Å². The van der Waals surface area contributed by atoms with Gasteiger partial charge in [0.15, 0.2) is 11.2 Å². The fourth-order valence-electron chi connectivity index (χ4n) is 10.0. The van der Waals surface area contributed by atoms with Gasteiger partial charge in [-0.2, -0.15) is 31.6 Å². The predicted molar refractivity (Wildman–Crippen MR) is 240 cm³/mol. The Morgan fingerprint density at radius 3 is 1.21 bits per heavy atom. The number of nitrogens with two attached hydrogens (primary N) is 1. The molecular formula is C52H55F8KN4O6. The van der Waals surface area contributed by atoms with Gasteiger partial charge in [0.25, 0.3) is 11.8 Å². The fourth-order valence-corrected chi connectivity index (χ4v) is 10.0. The number of carbonyl (C=O) groups is 3. The number of amides is 3. The molecule has 71 heavy (non-hydrogen) atoms. The molecule has 5 N–H and O–H groups in total. The molecular weight excluding hydrogens is 968 g/mol. The van der Waals surface area contributed by atoms with Crippen molar-refractivity contribution < 1.29 is 117 Å². The molecule has 0 unspecified atom stereocenters. The van der Waals surface area contributed by atoms with Crippen molar-refractivity contribution in [3.8, 4) is 6.07 Å². The van der Waals surface area contributed by atoms with Crippen LogP contribution in [0.15, 0.2) is 97.1 Å². The van der Waals surface area contributed by atoms with Gasteiger partial charge in [-0.15, -0.1) is 0 Å². The zero-order chi connectivity index (χ0) is 50.3. The molecule has 0 radical (unpaired) electrons. The number of primary amides is 1. The van der Waals surface area contributed by atoms with Gasteiger partial charge in [-0.05, 0) is 138 Å². The molecule has 0 heterocycles. The van der Waals surface area contributed by atoms with Gasteiger partial charge >= 0.3 is 63.7 Å². The van der Waals surface area contributed by atoms with E-state index in [1.165, 1.54) is 36.4 Å². The largest absolute Gasteiger partial charge is 1.00 e. The molecule has 0 saturated heterocycles. The Balaban J connectivity index is 0.000000257. The van der Waals surface area contributed by atoms with E-state index in [9.17, 15) is 65.0 Å². The van der Waals surface area contributed by atoms with Gasteiger partial charge < -0.3 is 31.2 Å². The average Bonchev–Trinajstić information content (AvgIpc) is 4.27. The van der Waals surface area contributed by atoms with Gasteiger partial charge in [0.05, 0.1) is 16.9 Å². The smallest absolute Gasteiger partial charge is 0.870 e. The number of alkyl halides is 6. The van der Waals surface area contributed by atoms with Crippen molar-refractivity contribution in [1.29, 1.82) is 5.26 Å². The normalized spacial score (nSPS) is 23.9. The van der Waals surface area contributed by atoms with Crippen molar-refractivity contribution in [3.05, 3.63) is 142 Å². The molecule has 4 aromatic carbocycles. The van der Waals surface area contributed by atoms with Gasteiger partial charge in [-0.3, -0.25) is 14.4 Å². The second-order valence-corrected chi connectivity index (χ2v) is 19.2. The first kappa shape index (κ1) is 57.6. The number of hydrogen-bond donors (Lipinski definition) is 3. The summed E-state index contributed by atoms with van der Waals surface area (Å²) in [5, 5.41) is 29.7. The molecule has 10 nitrogen and oxygen atoms in total. The van der Waals surface area contributed by atoms with Crippen LogP contribution in [0, 0.1) is 23.0 Å². The third-order valence-electron chi connectivity index (χ3n) is 14.7. The summed E-state index contributed by atoms with van der Waals surface area (Å²) in [4.78, 5) is 42.8. The maximum absolute atomic E-state index is 14.6. The van der Waals surface area contributed by atoms with Crippen molar-refractivity contribution in [1.82, 2.24) is 9.80 Å². The topological polar surface area (TPSA) is 178 Å². The van der Waals surface area contributed by atoms with E-state index < -0.39 is 51.9 Å². The number of rotatable bonds is 11. The average molecular weight is 1020 g/mol. The summed E-state index contributed by atoms with van der Waals surface area (Å²) in [5.41, 5.74) is -1.96. The summed E-state index contributed by atoms with van der Waals surface area (Å²) in [6, 6.07) is 24.1. The molecule has 4 aliphatic carbocycles. The number of halogens is 8. The number of carbonyl (C=O) groups excluding carboxylic acids is 3. The molecule has 0 aromatic heterocycles. The minimum atomic E-state index is -4.86. The Hall–Kier alpha value is -4.26. The van der Waals surface area contributed by atoms with E-state index >= 15 is 0 Å². The number of nitrogens with zero attached hydrogens (tertiary/aromatic N) is 3. The van der Waals surface area contributed by atoms with Crippen LogP contribution in [0.25, 0.3) is 0 Å². The maximum Gasteiger partial charge on any atom is 1.00 e. The predicted octanol–water partition coefficient (Wildman–Crippen LogP) is 7.00. The Morgan fingerprint density at radius 1 is 0.577 bits per heavy atom. The summed E-state index contributed by atoms with van der Waals surface area (Å²) in [6.45, 7) is 1.35. The van der Waals surface area contributed by atoms with Crippen LogP contribution in [0.5, 0.6) is 0 Å². The molecule has 4 saturated carbocycles. The van der Waals surface area contributed by atoms with Gasteiger partial charge in [0, 0.05) is 46.4 Å². The molecule has 19 heteroatoms. The van der Waals surface area contributed by atoms with Crippen LogP contribution in [0.2, 0.25) is 0 Å². The number of aliphatic hydroxyl groups is 2. The molecule has 376 valence electrons. The zero-order valence-corrected chi connectivity index (χ0v) is 42.7. The van der Waals surface area contributed by atoms with Crippen molar-refractivity contribution in [2.75, 3.05) is 0 Å². The van der Waals surface area contributed by atoms with Crippen LogP contribution < -0.4 is 57.1 Å². The molecule has 8 rings (SSSR count). The van der Waals surface area contributed by atoms with Crippen molar-refractivity contribution in [2.24, 2.45) is 5.73 Å². The molecule has 0 aliphatic heterocycles. The molecule has 3 amide bonds. The van der Waals surface area contributed by atoms with Crippen LogP contribution in [0.1, 0.15) is 134 Å². The van der Waals surface area contributed by atoms with Crippen molar-refractivity contribution in [2.45, 2.75) is 149 Å². The maximum atomic E-state index is 14.6. The summed E-state index contributed by atoms with van der Waals surface area (Å²) < 4.78 is 108. The van der Waals surface area contributed by atoms with Crippen LogP contribution in [0.4, 0.5) is 35.1 Å². The summed E-state index contributed by atoms with van der Waals surface area (Å²) >= 11 is 0. The van der Waals surface area contributed by atoms with Crippen LogP contribution in [-0.4, -0.2) is 79.7 Å². The number of benzene rings is 4. The molecule has 0 bridgehead atoms. The summed E-state index contributed by atoms with van der Waals surface area (Å²) in [6.07, 6.45) is -3.00. The molecule has 4 aliphatic rings. The minimum absolute atomic E-state index is 0. The van der Waals surface area contributed by atoms with Crippen LogP contribution in [-0.2, 0) is 26.8 Å². The third-order valence-corrected chi connectivity index (χ3v) is 14.7. The van der Waals surface area contributed by atoms with E-state index in [1.54, 1.807) is 46.2 Å². The number of hydrogen-bond acceptors (Lipinski definition) is 7. The molecule has 4 fully saturated rings. The van der Waals surface area contributed by atoms with Crippen molar-refractivity contribution in [3.63, 3.8) is 0 Å². The molecule has 4 aromatic rings. The molecule has 2 atom stereocenters. The van der Waals surface area contributed by atoms with E-state index in [-0.39, 0.29) is 134 Å². The van der Waals surface area contributed by atoms with Gasteiger partial charge in [-0.25, -0.2) is 8.78 Å². The summed E-state index contributed by atoms with van der Waals surface area (Å²) in [5.74, 6) is -2.09. The van der Waals surface area contributed by atoms with Gasteiger partial charge in [-0.1, -0.05) is 60.7 Å². The zero-order valence-electron chi connectivity index (χ0n) is 39.5. The Morgan fingerprint density at radius 2 is 0.901 bits per heavy atom. The SMILES string of the molecule is C[C@](O)(c1ccc(C(=O)N(C2CC2)C2CCC(C#N)(c3ccccc3F)CC2)cc1)C(F)(F)F.C[C@](O)(c1ccc(C(=O)N(C2CC2)C2CCC(C(N)=O)(c3ccccc3F)CC2)cc1)C(F)(F)F.[K+].[OH-]. The molecule has 0 spiro atoms. The van der Waals surface area contributed by atoms with E-state index in [0.29, 0.717) is 57.9 Å². The standard InChI is InChI=1S/C26H28F4N2O3.C26H26F4N2O2.K.H2O/c1-24(35,26(28,29)30)17-8-6-16(7-9-17)22(33)32(18-10-11-18)19-12-14-25(15-13-19,23(31)34)20-4-2-3-5-21(20)27;1-24(34,26(28,29)30)18-8-6-17(7-9-18)23(33)32(19-10-11-19)20-12-14-25(16-31,15-13-20)21-4-2-3-5-22(21)27;;/h2-9,18-19,35H,10-15H2,1H3,(H2,31,34);2-9,19-20,34H,10-15H2,1H3;;1H2/q;;+1;/p-1/t19?,24-,25?;20?,24-,25?;;/m00../s1. The first-order chi connectivity index (χ1) is 32.4. The number of nitriles is 1. The van der Waals surface area contributed by atoms with Crippen molar-refractivity contribution >= 4 is 17.7 Å². The first-order valence-corrected chi connectivity index (χ1v) is 23.0.